The Labute approximate surface area is 468 Å². The number of hydrogen-bond acceptors (Lipinski definition) is 11. The molecule has 0 amide bonds. The number of carboxylic acid groups (broad SMARTS) is 1. The molecule has 0 aromatic rings. The summed E-state index contributed by atoms with van der Waals surface area (Å²) >= 11 is 0. The third-order valence-corrected chi connectivity index (χ3v) is 13.8. The van der Waals surface area contributed by atoms with Gasteiger partial charge < -0.3 is 39.0 Å². The first-order valence-corrected chi connectivity index (χ1v) is 30.9. The highest BCUT2D eigenvalue weighted by molar-refractivity contribution is 5.74. The molecule has 1 heterocycles. The van der Waals surface area contributed by atoms with Crippen molar-refractivity contribution < 1.29 is 58.2 Å². The molecule has 3 N–H and O–H groups in total. The number of aliphatic hydroxyl groups excluding tert-OH is 2. The lowest BCUT2D eigenvalue weighted by Crippen LogP contribution is -2.61. The number of unbranched alkanes of at least 4 members (excludes halogenated alkanes) is 26. The molecule has 6 atom stereocenters. The van der Waals surface area contributed by atoms with Gasteiger partial charge in [0.1, 0.15) is 18.8 Å². The molecule has 0 saturated carbocycles. The maximum absolute atomic E-state index is 13.1. The molecule has 0 spiro atoms. The molecule has 6 unspecified atom stereocenters. The van der Waals surface area contributed by atoms with Crippen LogP contribution >= 0.6 is 0 Å². The van der Waals surface area contributed by atoms with E-state index in [-0.39, 0.29) is 25.9 Å². The summed E-state index contributed by atoms with van der Waals surface area (Å²) in [6.45, 7) is 5.75. The zero-order valence-electron chi connectivity index (χ0n) is 48.7. The predicted octanol–water partition coefficient (Wildman–Crippen LogP) is 16.1. The fraction of sp³-hybridized carbons (Fsp3) is 0.754. The van der Waals surface area contributed by atoms with Crippen LogP contribution < -0.4 is 0 Å². The third-order valence-electron chi connectivity index (χ3n) is 13.8. The number of carboxylic acids is 1. The van der Waals surface area contributed by atoms with E-state index < -0.39 is 67.3 Å². The molecular weight excluding hydrogens is 973 g/mol. The monoisotopic (exact) mass is 1080 g/mol. The van der Waals surface area contributed by atoms with Gasteiger partial charge in [-0.25, -0.2) is 4.79 Å². The molecule has 12 heteroatoms. The van der Waals surface area contributed by atoms with Gasteiger partial charge in [-0.15, -0.1) is 0 Å². The van der Waals surface area contributed by atoms with Crippen molar-refractivity contribution in [2.75, 3.05) is 13.2 Å². The van der Waals surface area contributed by atoms with Gasteiger partial charge in [-0.2, -0.15) is 0 Å². The van der Waals surface area contributed by atoms with Gasteiger partial charge in [-0.3, -0.25) is 14.4 Å². The van der Waals surface area contributed by atoms with E-state index >= 15 is 0 Å². The quantitative estimate of drug-likeness (QED) is 0.0228. The molecule has 1 fully saturated rings. The van der Waals surface area contributed by atoms with Crippen LogP contribution in [0.4, 0.5) is 0 Å². The van der Waals surface area contributed by atoms with Crippen LogP contribution in [0.2, 0.25) is 0 Å². The van der Waals surface area contributed by atoms with Crippen molar-refractivity contribution in [1.82, 2.24) is 0 Å². The Morgan fingerprint density at radius 2 is 0.818 bits per heavy atom. The topological polar surface area (TPSA) is 175 Å². The summed E-state index contributed by atoms with van der Waals surface area (Å²) in [4.78, 5) is 51.2. The zero-order valence-corrected chi connectivity index (χ0v) is 48.7. The van der Waals surface area contributed by atoms with Crippen molar-refractivity contribution in [3.63, 3.8) is 0 Å². The number of aliphatic carboxylic acids is 1. The SMILES string of the molecule is CC/C=C\C/C=C\C/C=C\CCCCCCCC(=O)OC1C(OCC(COC(=O)CCCCCCCCCCCCCCCCCCCCC)OC(=O)CCCCC/C=C\C/C=C\C/C=C\CC)OC(C(=O)O)C(O)C1O. The molecule has 1 rings (SSSR count). The minimum atomic E-state index is -1.91. The predicted molar refractivity (Wildman–Crippen MR) is 312 cm³/mol. The molecule has 1 aliphatic rings. The highest BCUT2D eigenvalue weighted by Crippen LogP contribution is 2.26. The number of aliphatic hydroxyl groups is 2. The molecular formula is C65H110O12. The second-order valence-corrected chi connectivity index (χ2v) is 20.9. The fourth-order valence-electron chi connectivity index (χ4n) is 9.10. The lowest BCUT2D eigenvalue weighted by molar-refractivity contribution is -0.301. The number of carbonyl (C=O) groups is 4. The molecule has 1 saturated heterocycles. The van der Waals surface area contributed by atoms with E-state index in [1.165, 1.54) is 96.3 Å². The molecule has 0 aromatic heterocycles. The third kappa shape index (κ3) is 42.7. The van der Waals surface area contributed by atoms with Crippen LogP contribution in [0.3, 0.4) is 0 Å². The van der Waals surface area contributed by atoms with Crippen LogP contribution in [0.5, 0.6) is 0 Å². The van der Waals surface area contributed by atoms with Gasteiger partial charge in [0.25, 0.3) is 0 Å². The van der Waals surface area contributed by atoms with Gasteiger partial charge in [0.15, 0.2) is 24.6 Å². The zero-order chi connectivity index (χ0) is 56.1. The van der Waals surface area contributed by atoms with Crippen molar-refractivity contribution >= 4 is 23.9 Å². The maximum Gasteiger partial charge on any atom is 0.335 e. The number of ether oxygens (including phenoxy) is 5. The van der Waals surface area contributed by atoms with Gasteiger partial charge in [-0.05, 0) is 83.5 Å². The van der Waals surface area contributed by atoms with Crippen molar-refractivity contribution in [3.05, 3.63) is 72.9 Å². The summed E-state index contributed by atoms with van der Waals surface area (Å²) in [7, 11) is 0. The van der Waals surface area contributed by atoms with E-state index in [0.29, 0.717) is 19.3 Å². The largest absolute Gasteiger partial charge is 0.479 e. The van der Waals surface area contributed by atoms with Crippen molar-refractivity contribution in [2.45, 2.75) is 302 Å². The van der Waals surface area contributed by atoms with Gasteiger partial charge in [0, 0.05) is 19.3 Å². The van der Waals surface area contributed by atoms with E-state index in [1.54, 1.807) is 0 Å². The summed E-state index contributed by atoms with van der Waals surface area (Å²) < 4.78 is 28.4. The lowest BCUT2D eigenvalue weighted by Gasteiger charge is -2.40. The average molecular weight is 1080 g/mol. The van der Waals surface area contributed by atoms with Crippen LogP contribution in [-0.2, 0) is 42.9 Å². The van der Waals surface area contributed by atoms with Crippen LogP contribution in [0.25, 0.3) is 0 Å². The second-order valence-electron chi connectivity index (χ2n) is 20.9. The van der Waals surface area contributed by atoms with Crippen LogP contribution in [0.15, 0.2) is 72.9 Å². The summed E-state index contributed by atoms with van der Waals surface area (Å²) in [5, 5.41) is 31.5. The van der Waals surface area contributed by atoms with Crippen molar-refractivity contribution in [2.24, 2.45) is 0 Å². The maximum atomic E-state index is 13.1. The molecule has 442 valence electrons. The van der Waals surface area contributed by atoms with Crippen molar-refractivity contribution in [3.8, 4) is 0 Å². The summed E-state index contributed by atoms with van der Waals surface area (Å²) in [6, 6.07) is 0. The Kier molecular flexibility index (Phi) is 48.8. The Hall–Kier alpha value is -3.84. The molecule has 77 heavy (non-hydrogen) atoms. The molecule has 0 aromatic carbocycles. The number of rotatable bonds is 52. The first kappa shape index (κ1) is 71.2. The minimum absolute atomic E-state index is 0.0363. The highest BCUT2D eigenvalue weighted by Gasteiger charge is 2.50. The van der Waals surface area contributed by atoms with Gasteiger partial charge >= 0.3 is 23.9 Å². The normalized spacial score (nSPS) is 18.5. The molecule has 0 radical (unpaired) electrons. The fourth-order valence-corrected chi connectivity index (χ4v) is 9.10. The number of esters is 3. The Morgan fingerprint density at radius 3 is 1.26 bits per heavy atom. The Bertz CT molecular complexity index is 1620. The smallest absolute Gasteiger partial charge is 0.335 e. The van der Waals surface area contributed by atoms with E-state index in [2.05, 4.69) is 93.7 Å². The summed E-state index contributed by atoms with van der Waals surface area (Å²) in [6.07, 6.45) is 54.5. The Morgan fingerprint density at radius 1 is 0.442 bits per heavy atom. The van der Waals surface area contributed by atoms with E-state index in [1.807, 2.05) is 0 Å². The first-order valence-electron chi connectivity index (χ1n) is 30.9. The number of carbonyl (C=O) groups excluding carboxylic acids is 3. The van der Waals surface area contributed by atoms with Crippen LogP contribution in [0.1, 0.15) is 265 Å². The van der Waals surface area contributed by atoms with E-state index in [4.69, 9.17) is 23.7 Å². The van der Waals surface area contributed by atoms with E-state index in [0.717, 1.165) is 109 Å². The van der Waals surface area contributed by atoms with Crippen LogP contribution in [-0.4, -0.2) is 89.2 Å². The first-order chi connectivity index (χ1) is 37.6. The molecule has 12 nitrogen and oxygen atoms in total. The standard InChI is InChI=1S/C65H110O12/c1-4-7-10-13-16-19-22-25-27-28-29-30-32-34-36-39-42-45-48-51-57(66)73-54-56(75-58(67)52-49-46-43-40-37-33-24-21-18-15-12-9-6-3)55-74-65-63(61(70)60(69)62(77-65)64(71)72)76-59(68)53-50-47-44-41-38-35-31-26-23-20-17-14-11-8-5-2/h8-9,11-12,17-18,20-21,26,31,33,37,56,60-63,65,69-70H,4-7,10,13-16,19,22-25,27-30,32,34-36,38-55H2,1-3H3,(H,71,72)/b11-8-,12-9-,20-17-,21-18-,31-26-,37-33-. The summed E-state index contributed by atoms with van der Waals surface area (Å²) in [5.41, 5.74) is 0. The molecule has 1 aliphatic heterocycles. The average Bonchev–Trinajstić information content (AvgIpc) is 3.42. The second kappa shape index (κ2) is 52.8. The number of allylic oxidation sites excluding steroid dienone is 12. The molecule has 0 bridgehead atoms. The molecule has 0 aliphatic carbocycles. The minimum Gasteiger partial charge on any atom is -0.479 e. The summed E-state index contributed by atoms with van der Waals surface area (Å²) in [5.74, 6) is -3.17. The van der Waals surface area contributed by atoms with Gasteiger partial charge in [0.05, 0.1) is 6.61 Å². The van der Waals surface area contributed by atoms with E-state index in [9.17, 15) is 34.5 Å². The van der Waals surface area contributed by atoms with Gasteiger partial charge in [-0.1, -0.05) is 235 Å². The number of hydrogen-bond donors (Lipinski definition) is 3. The Balaban J connectivity index is 2.67. The highest BCUT2D eigenvalue weighted by atomic mass is 16.7. The van der Waals surface area contributed by atoms with Crippen molar-refractivity contribution in [1.29, 1.82) is 0 Å². The van der Waals surface area contributed by atoms with Gasteiger partial charge in [0.2, 0.25) is 0 Å². The van der Waals surface area contributed by atoms with Crippen LogP contribution in [0, 0.1) is 0 Å². The lowest BCUT2D eigenvalue weighted by atomic mass is 9.98.